The van der Waals surface area contributed by atoms with Gasteiger partial charge in [-0.3, -0.25) is 0 Å². The van der Waals surface area contributed by atoms with E-state index in [1.165, 1.54) is 10.6 Å². The zero-order valence-electron chi connectivity index (χ0n) is 9.46. The number of nitrogens with zero attached hydrogens (tertiary/aromatic N) is 1. The van der Waals surface area contributed by atoms with Gasteiger partial charge in [0.2, 0.25) is 10.0 Å². The van der Waals surface area contributed by atoms with Crippen molar-refractivity contribution in [2.75, 3.05) is 13.3 Å². The van der Waals surface area contributed by atoms with Crippen LogP contribution in [-0.4, -0.2) is 32.1 Å². The van der Waals surface area contributed by atoms with E-state index in [9.17, 15) is 8.42 Å². The smallest absolute Gasteiger partial charge is 0.211 e. The van der Waals surface area contributed by atoms with Crippen molar-refractivity contribution < 1.29 is 8.42 Å². The van der Waals surface area contributed by atoms with Gasteiger partial charge in [-0.2, -0.15) is 0 Å². The van der Waals surface area contributed by atoms with E-state index in [1.54, 1.807) is 7.05 Å². The quantitative estimate of drug-likeness (QED) is 0.706. The Hall–Kier alpha value is -0.0900. The molecule has 0 aromatic rings. The molecule has 80 valence electrons. The first-order chi connectivity index (χ1) is 5.60. The van der Waals surface area contributed by atoms with Crippen LogP contribution in [-0.2, 0) is 10.0 Å². The van der Waals surface area contributed by atoms with Crippen molar-refractivity contribution in [2.45, 2.75) is 40.2 Å². The van der Waals surface area contributed by atoms with Gasteiger partial charge in [-0.05, 0) is 11.8 Å². The van der Waals surface area contributed by atoms with E-state index in [4.69, 9.17) is 0 Å². The summed E-state index contributed by atoms with van der Waals surface area (Å²) >= 11 is 0. The number of hydrogen-bond donors (Lipinski definition) is 0. The summed E-state index contributed by atoms with van der Waals surface area (Å²) in [4.78, 5) is 0. The van der Waals surface area contributed by atoms with Crippen molar-refractivity contribution in [3.05, 3.63) is 0 Å². The minimum absolute atomic E-state index is 0.00736. The summed E-state index contributed by atoms with van der Waals surface area (Å²) in [5.41, 5.74) is -0.00736. The average Bonchev–Trinajstić information content (AvgIpc) is 1.83. The van der Waals surface area contributed by atoms with E-state index in [1.807, 2.05) is 6.92 Å². The second-order valence-electron chi connectivity index (χ2n) is 4.57. The summed E-state index contributed by atoms with van der Waals surface area (Å²) in [6.07, 6.45) is 2.09. The molecule has 13 heavy (non-hydrogen) atoms. The molecule has 0 rings (SSSR count). The molecule has 0 bridgehead atoms. The number of hydrogen-bond acceptors (Lipinski definition) is 2. The van der Waals surface area contributed by atoms with Gasteiger partial charge in [-0.1, -0.05) is 27.7 Å². The highest BCUT2D eigenvalue weighted by molar-refractivity contribution is 7.88. The van der Waals surface area contributed by atoms with Gasteiger partial charge in [0.05, 0.1) is 6.26 Å². The molecule has 0 aliphatic heterocycles. The molecule has 4 heteroatoms. The highest BCUT2D eigenvalue weighted by atomic mass is 32.2. The Morgan fingerprint density at radius 3 is 1.77 bits per heavy atom. The molecule has 1 atom stereocenters. The lowest BCUT2D eigenvalue weighted by Gasteiger charge is -2.35. The van der Waals surface area contributed by atoms with Crippen LogP contribution in [0.5, 0.6) is 0 Å². The molecule has 0 fully saturated rings. The lowest BCUT2D eigenvalue weighted by molar-refractivity contribution is 0.194. The summed E-state index contributed by atoms with van der Waals surface area (Å²) in [5.74, 6) is 0. The largest absolute Gasteiger partial charge is 0.213 e. The standard InChI is InChI=1S/C9H21NO2S/c1-7-8(9(2,3)4)10(5)13(6,11)12/h8H,7H2,1-6H3. The molecule has 0 radical (unpaired) electrons. The minimum atomic E-state index is -3.06. The van der Waals surface area contributed by atoms with Crippen molar-refractivity contribution in [1.29, 1.82) is 0 Å². The molecule has 0 spiro atoms. The highest BCUT2D eigenvalue weighted by Crippen LogP contribution is 2.27. The van der Waals surface area contributed by atoms with Gasteiger partial charge in [0.1, 0.15) is 0 Å². The SMILES string of the molecule is CCC(N(C)S(C)(=O)=O)C(C)(C)C. The van der Waals surface area contributed by atoms with Crippen molar-refractivity contribution in [1.82, 2.24) is 4.31 Å². The topological polar surface area (TPSA) is 37.4 Å². The molecule has 0 aromatic heterocycles. The third-order valence-electron chi connectivity index (χ3n) is 2.35. The minimum Gasteiger partial charge on any atom is -0.213 e. The predicted molar refractivity (Wildman–Crippen MR) is 56.1 cm³/mol. The van der Waals surface area contributed by atoms with Gasteiger partial charge in [0.25, 0.3) is 0 Å². The first-order valence-corrected chi connectivity index (χ1v) is 6.38. The van der Waals surface area contributed by atoms with Crippen LogP contribution in [0.2, 0.25) is 0 Å². The normalized spacial score (nSPS) is 16.2. The van der Waals surface area contributed by atoms with Crippen molar-refractivity contribution >= 4 is 10.0 Å². The lowest BCUT2D eigenvalue weighted by Crippen LogP contribution is -2.44. The van der Waals surface area contributed by atoms with Gasteiger partial charge in [0, 0.05) is 13.1 Å². The third-order valence-corrected chi connectivity index (χ3v) is 3.65. The predicted octanol–water partition coefficient (Wildman–Crippen LogP) is 1.70. The number of sulfonamides is 1. The highest BCUT2D eigenvalue weighted by Gasteiger charge is 2.31. The van der Waals surface area contributed by atoms with Crippen LogP contribution in [0.15, 0.2) is 0 Å². The first kappa shape index (κ1) is 12.9. The van der Waals surface area contributed by atoms with Gasteiger partial charge in [-0.15, -0.1) is 0 Å². The first-order valence-electron chi connectivity index (χ1n) is 4.53. The zero-order valence-corrected chi connectivity index (χ0v) is 10.3. The van der Waals surface area contributed by atoms with Gasteiger partial charge >= 0.3 is 0 Å². The second kappa shape index (κ2) is 3.96. The van der Waals surface area contributed by atoms with Crippen LogP contribution in [0.1, 0.15) is 34.1 Å². The molecule has 0 aliphatic carbocycles. The Morgan fingerprint density at radius 2 is 1.69 bits per heavy atom. The van der Waals surface area contributed by atoms with Crippen molar-refractivity contribution in [3.8, 4) is 0 Å². The molecule has 0 amide bonds. The van der Waals surface area contributed by atoms with Gasteiger partial charge in [0.15, 0.2) is 0 Å². The monoisotopic (exact) mass is 207 g/mol. The molecule has 0 aromatic carbocycles. The second-order valence-corrected chi connectivity index (χ2v) is 6.61. The zero-order chi connectivity index (χ0) is 10.9. The van der Waals surface area contributed by atoms with Crippen LogP contribution in [0.3, 0.4) is 0 Å². The lowest BCUT2D eigenvalue weighted by atomic mass is 9.85. The maximum Gasteiger partial charge on any atom is 0.211 e. The van der Waals surface area contributed by atoms with E-state index >= 15 is 0 Å². The summed E-state index contributed by atoms with van der Waals surface area (Å²) in [7, 11) is -1.42. The van der Waals surface area contributed by atoms with E-state index in [2.05, 4.69) is 20.8 Å². The van der Waals surface area contributed by atoms with Crippen LogP contribution in [0.25, 0.3) is 0 Å². The third kappa shape index (κ3) is 3.65. The van der Waals surface area contributed by atoms with Crippen molar-refractivity contribution in [2.24, 2.45) is 5.41 Å². The van der Waals surface area contributed by atoms with E-state index in [-0.39, 0.29) is 11.5 Å². The Morgan fingerprint density at radius 1 is 1.31 bits per heavy atom. The molecule has 0 N–H and O–H groups in total. The average molecular weight is 207 g/mol. The molecule has 1 unspecified atom stereocenters. The summed E-state index contributed by atoms with van der Waals surface area (Å²) < 4.78 is 24.1. The Bertz CT molecular complexity index is 251. The Balaban J connectivity index is 4.82. The van der Waals surface area contributed by atoms with Crippen LogP contribution >= 0.6 is 0 Å². The summed E-state index contributed by atoms with van der Waals surface area (Å²) in [6, 6.07) is 0.0718. The fourth-order valence-corrected chi connectivity index (χ4v) is 2.57. The van der Waals surface area contributed by atoms with Crippen LogP contribution in [0, 0.1) is 5.41 Å². The molecule has 0 aliphatic rings. The maximum atomic E-state index is 11.3. The summed E-state index contributed by atoms with van der Waals surface area (Å²) in [6.45, 7) is 8.19. The van der Waals surface area contributed by atoms with E-state index in [0.29, 0.717) is 0 Å². The molecule has 0 saturated carbocycles. The molecular formula is C9H21NO2S. The summed E-state index contributed by atoms with van der Waals surface area (Å²) in [5, 5.41) is 0. The van der Waals surface area contributed by atoms with Crippen molar-refractivity contribution in [3.63, 3.8) is 0 Å². The fourth-order valence-electron chi connectivity index (χ4n) is 1.65. The Labute approximate surface area is 82.2 Å². The van der Waals surface area contributed by atoms with Gasteiger partial charge in [-0.25, -0.2) is 12.7 Å². The van der Waals surface area contributed by atoms with E-state index in [0.717, 1.165) is 6.42 Å². The maximum absolute atomic E-state index is 11.3. The van der Waals surface area contributed by atoms with E-state index < -0.39 is 10.0 Å². The number of rotatable bonds is 3. The Kier molecular flexibility index (Phi) is 3.94. The molecule has 0 heterocycles. The van der Waals surface area contributed by atoms with Crippen LogP contribution < -0.4 is 0 Å². The van der Waals surface area contributed by atoms with Gasteiger partial charge < -0.3 is 0 Å². The molecule has 3 nitrogen and oxygen atoms in total. The fraction of sp³-hybridized carbons (Fsp3) is 1.00. The van der Waals surface area contributed by atoms with Crippen LogP contribution in [0.4, 0.5) is 0 Å². The molecule has 0 saturated heterocycles. The molecular weight excluding hydrogens is 186 g/mol.